The van der Waals surface area contributed by atoms with Crippen molar-refractivity contribution in [1.29, 1.82) is 0 Å². The first-order chi connectivity index (χ1) is 7.44. The second-order valence-electron chi connectivity index (χ2n) is 3.69. The molecule has 5 heteroatoms. The summed E-state index contributed by atoms with van der Waals surface area (Å²) in [6.07, 6.45) is 0. The van der Waals surface area contributed by atoms with E-state index in [4.69, 9.17) is 14.7 Å². The van der Waals surface area contributed by atoms with Crippen LogP contribution in [0.1, 0.15) is 5.56 Å². The minimum atomic E-state index is -4.50. The Morgan fingerprint density at radius 1 is 0.938 bits per heavy atom. The zero-order chi connectivity index (χ0) is 11.8. The van der Waals surface area contributed by atoms with Crippen molar-refractivity contribution in [3.05, 3.63) is 42.0 Å². The Morgan fingerprint density at radius 3 is 2.25 bits per heavy atom. The van der Waals surface area contributed by atoms with Gasteiger partial charge < -0.3 is 0 Å². The molecule has 0 heterocycles. The first kappa shape index (κ1) is 11.3. The first-order valence-corrected chi connectivity index (χ1v) is 6.56. The molecule has 86 valence electrons. The van der Waals surface area contributed by atoms with Crippen LogP contribution in [0.4, 0.5) is 0 Å². The molecule has 16 heavy (non-hydrogen) atoms. The summed E-state index contributed by atoms with van der Waals surface area (Å²) in [5.74, 6) is 0.246. The van der Waals surface area contributed by atoms with Crippen LogP contribution in [0.25, 0.3) is 10.8 Å². The van der Waals surface area contributed by atoms with Crippen molar-refractivity contribution >= 4 is 18.9 Å². The Hall–Kier alpha value is -1.19. The molecule has 0 saturated heterocycles. The summed E-state index contributed by atoms with van der Waals surface area (Å²) in [6, 6.07) is 10.9. The molecule has 0 bridgehead atoms. The Bertz CT molecular complexity index is 519. The van der Waals surface area contributed by atoms with Crippen LogP contribution < -0.4 is 4.52 Å². The molecule has 0 unspecified atom stereocenters. The minimum absolute atomic E-state index is 0.246. The maximum absolute atomic E-state index is 8.82. The third-order valence-electron chi connectivity index (χ3n) is 2.22. The number of fused-ring (bicyclic) bond motifs is 1. The van der Waals surface area contributed by atoms with E-state index >= 15 is 0 Å². The van der Waals surface area contributed by atoms with Crippen molar-refractivity contribution in [2.45, 2.75) is 6.92 Å². The van der Waals surface area contributed by atoms with E-state index in [2.05, 4.69) is 4.52 Å². The summed E-state index contributed by atoms with van der Waals surface area (Å²) in [4.78, 5) is 26.4. The second-order valence-corrected chi connectivity index (χ2v) is 5.04. The summed E-state index contributed by atoms with van der Waals surface area (Å²) >= 11 is 0. The molecule has 0 aromatic heterocycles. The van der Waals surface area contributed by atoms with Gasteiger partial charge in [0.15, 0.2) is 0 Å². The molecule has 0 aliphatic heterocycles. The number of hydrogen-bond acceptors (Lipinski definition) is 4. The van der Waals surface area contributed by atoms with Crippen LogP contribution in [0.5, 0.6) is 5.75 Å². The molecular formula is C11H13O4P. The van der Waals surface area contributed by atoms with Crippen molar-refractivity contribution in [2.75, 3.05) is 0 Å². The summed E-state index contributed by atoms with van der Waals surface area (Å²) in [5.41, 5.74) is 1.15. The van der Waals surface area contributed by atoms with Crippen LogP contribution >= 0.6 is 8.17 Å². The standard InChI is InChI=1S/C11H13O4P/c1-8-2-3-10-7-11(15-16(12,13)14)5-4-9(10)6-8/h2-7,12-14,16H,1H3. The Balaban J connectivity index is 2.41. The SMILES string of the molecule is Cc1ccc2cc(O[PH](O)(O)O)ccc2c1. The van der Waals surface area contributed by atoms with Gasteiger partial charge >= 0.3 is 92.8 Å². The van der Waals surface area contributed by atoms with Gasteiger partial charge in [-0.05, 0) is 0 Å². The van der Waals surface area contributed by atoms with Crippen LogP contribution in [0.15, 0.2) is 36.4 Å². The van der Waals surface area contributed by atoms with E-state index in [-0.39, 0.29) is 5.75 Å². The van der Waals surface area contributed by atoms with Crippen molar-refractivity contribution in [2.24, 2.45) is 0 Å². The van der Waals surface area contributed by atoms with Crippen molar-refractivity contribution in [3.8, 4) is 5.75 Å². The molecule has 0 radical (unpaired) electrons. The molecule has 0 atom stereocenters. The normalized spacial score (nSPS) is 12.8. The molecule has 4 nitrogen and oxygen atoms in total. The van der Waals surface area contributed by atoms with Crippen LogP contribution in [0.3, 0.4) is 0 Å². The van der Waals surface area contributed by atoms with Crippen LogP contribution in [0.2, 0.25) is 0 Å². The van der Waals surface area contributed by atoms with Gasteiger partial charge in [0.2, 0.25) is 0 Å². The molecular weight excluding hydrogens is 227 g/mol. The van der Waals surface area contributed by atoms with Crippen LogP contribution in [-0.4, -0.2) is 14.7 Å². The summed E-state index contributed by atoms with van der Waals surface area (Å²) in [5, 5.41) is 1.95. The van der Waals surface area contributed by atoms with Gasteiger partial charge in [-0.1, -0.05) is 0 Å². The van der Waals surface area contributed by atoms with E-state index in [1.54, 1.807) is 18.2 Å². The molecule has 0 saturated carbocycles. The molecule has 3 N–H and O–H groups in total. The molecule has 0 amide bonds. The van der Waals surface area contributed by atoms with Crippen molar-refractivity contribution in [1.82, 2.24) is 0 Å². The van der Waals surface area contributed by atoms with Gasteiger partial charge in [-0.25, -0.2) is 0 Å². The first-order valence-electron chi connectivity index (χ1n) is 4.81. The molecule has 2 aromatic carbocycles. The van der Waals surface area contributed by atoms with E-state index < -0.39 is 8.17 Å². The molecule has 0 fully saturated rings. The fourth-order valence-electron chi connectivity index (χ4n) is 1.56. The number of benzene rings is 2. The van der Waals surface area contributed by atoms with E-state index in [0.29, 0.717) is 0 Å². The van der Waals surface area contributed by atoms with Gasteiger partial charge in [-0.15, -0.1) is 0 Å². The summed E-state index contributed by atoms with van der Waals surface area (Å²) in [6.45, 7) is 2.00. The fraction of sp³-hybridized carbons (Fsp3) is 0.0909. The van der Waals surface area contributed by atoms with Crippen molar-refractivity contribution in [3.63, 3.8) is 0 Å². The van der Waals surface area contributed by atoms with Crippen LogP contribution in [-0.2, 0) is 0 Å². The second kappa shape index (κ2) is 4.00. The molecule has 2 rings (SSSR count). The Kier molecular flexibility index (Phi) is 2.82. The predicted molar refractivity (Wildman–Crippen MR) is 64.3 cm³/mol. The fourth-order valence-corrected chi connectivity index (χ4v) is 2.01. The Morgan fingerprint density at radius 2 is 1.56 bits per heavy atom. The average Bonchev–Trinajstić information content (AvgIpc) is 2.16. The van der Waals surface area contributed by atoms with Gasteiger partial charge in [0.25, 0.3) is 0 Å². The third-order valence-corrected chi connectivity index (χ3v) is 2.73. The molecule has 0 aliphatic carbocycles. The Labute approximate surface area is 93.4 Å². The molecule has 0 aliphatic rings. The van der Waals surface area contributed by atoms with E-state index in [0.717, 1.165) is 16.3 Å². The molecule has 0 spiro atoms. The quantitative estimate of drug-likeness (QED) is 0.701. The van der Waals surface area contributed by atoms with Gasteiger partial charge in [0, 0.05) is 0 Å². The topological polar surface area (TPSA) is 69.9 Å². The zero-order valence-electron chi connectivity index (χ0n) is 8.71. The van der Waals surface area contributed by atoms with Gasteiger partial charge in [0.05, 0.1) is 0 Å². The van der Waals surface area contributed by atoms with Crippen LogP contribution in [0, 0.1) is 6.92 Å². The maximum atomic E-state index is 8.82. The predicted octanol–water partition coefficient (Wildman–Crippen LogP) is 1.91. The summed E-state index contributed by atoms with van der Waals surface area (Å²) in [7, 11) is -4.50. The number of hydrogen-bond donors (Lipinski definition) is 3. The third kappa shape index (κ3) is 2.68. The molecule has 2 aromatic rings. The number of aryl methyl sites for hydroxylation is 1. The van der Waals surface area contributed by atoms with Gasteiger partial charge in [-0.2, -0.15) is 0 Å². The average molecular weight is 240 g/mol. The van der Waals surface area contributed by atoms with Crippen molar-refractivity contribution < 1.29 is 19.2 Å². The van der Waals surface area contributed by atoms with E-state index in [1.807, 2.05) is 25.1 Å². The summed E-state index contributed by atoms with van der Waals surface area (Å²) < 4.78 is 4.65. The zero-order valence-corrected chi connectivity index (χ0v) is 9.71. The van der Waals surface area contributed by atoms with Gasteiger partial charge in [-0.3, -0.25) is 0 Å². The monoisotopic (exact) mass is 240 g/mol. The van der Waals surface area contributed by atoms with E-state index in [1.165, 1.54) is 0 Å². The van der Waals surface area contributed by atoms with E-state index in [9.17, 15) is 0 Å². The van der Waals surface area contributed by atoms with Gasteiger partial charge in [0.1, 0.15) is 0 Å². The number of rotatable bonds is 2.